The first kappa shape index (κ1) is 68.9. The molecule has 0 saturated carbocycles. The molecule has 1 heterocycles. The van der Waals surface area contributed by atoms with E-state index in [1.165, 1.54) is 33.0 Å². The van der Waals surface area contributed by atoms with Crippen LogP contribution in [0, 0.1) is 5.41 Å². The van der Waals surface area contributed by atoms with Crippen LogP contribution in [0.15, 0.2) is 72.8 Å². The Morgan fingerprint density at radius 1 is 0.621 bits per heavy atom. The Kier molecular flexibility index (Phi) is 22.8. The molecule has 3 aliphatic rings. The number of nitrogens with zero attached hydrogens (tertiary/aromatic N) is 3. The maximum absolute atomic E-state index is 15.2. The van der Waals surface area contributed by atoms with Crippen molar-refractivity contribution in [3.63, 3.8) is 0 Å². The zero-order chi connectivity index (χ0) is 64.5. The maximum atomic E-state index is 15.2. The summed E-state index contributed by atoms with van der Waals surface area (Å²) in [5.74, 6) is -4.31. The van der Waals surface area contributed by atoms with Gasteiger partial charge in [-0.15, -0.1) is 11.8 Å². The average Bonchev–Trinajstić information content (AvgIpc) is 1.88. The molecule has 0 spiro atoms. The molecule has 8 amide bonds. The third-order valence-corrected chi connectivity index (χ3v) is 17.9. The number of likely N-dealkylation sites (tertiary alicyclic amines) is 1. The number of nitrogens with one attached hydrogen (secondary N) is 5. The lowest BCUT2D eigenvalue weighted by molar-refractivity contribution is -0.144. The Bertz CT molecular complexity index is 2990. The first-order valence-corrected chi connectivity index (χ1v) is 31.3. The average molecular weight is 1220 g/mol. The first-order valence-electron chi connectivity index (χ1n) is 30.3. The van der Waals surface area contributed by atoms with Crippen LogP contribution in [0.5, 0.6) is 0 Å². The van der Waals surface area contributed by atoms with Gasteiger partial charge in [0, 0.05) is 37.7 Å². The van der Waals surface area contributed by atoms with Crippen molar-refractivity contribution in [1.82, 2.24) is 41.3 Å². The van der Waals surface area contributed by atoms with E-state index in [0.717, 1.165) is 76.6 Å². The number of hydrogen-bond donors (Lipinski definition) is 5. The highest BCUT2D eigenvalue weighted by atomic mass is 32.2. The van der Waals surface area contributed by atoms with E-state index in [-0.39, 0.29) is 49.0 Å². The van der Waals surface area contributed by atoms with Crippen LogP contribution in [0.3, 0.4) is 0 Å². The third-order valence-electron chi connectivity index (χ3n) is 16.5. The summed E-state index contributed by atoms with van der Waals surface area (Å²) in [4.78, 5) is 131. The number of esters is 1. The molecule has 1 fully saturated rings. The standard InChI is InChI=1S/C66H94N8O12S/c1-39(72(14)61(82)85-64(6,7)8)55(76)70-53(66(12,13)87-38-52(75)84-16)59(80)69-50(57(78)67-48-29-21-25-43-23-17-19-27-46(43)48)35-41-31-33-42(34-32-41)45-36-51(58(79)68-49-30-22-26-44-24-18-20-28-47(44)49)74(37-45)60(81)54(63(3,4)5)71-56(77)40(2)73(15)62(83)86-65(9,10)11/h17-20,23-24,27-28,31-34,39-40,45,48-51,53-54H,21-22,25-26,29-30,35-38H2,1-16H3,(H,67,78)(H,68,79)(H,69,80)(H,70,76)(H,71,77). The van der Waals surface area contributed by atoms with E-state index < -0.39 is 105 Å². The Hall–Kier alpha value is -7.16. The van der Waals surface area contributed by atoms with E-state index in [1.54, 1.807) is 67.2 Å². The number of carbonyl (C=O) groups is 9. The Morgan fingerprint density at radius 3 is 1.59 bits per heavy atom. The van der Waals surface area contributed by atoms with Crippen molar-refractivity contribution in [1.29, 1.82) is 0 Å². The molecule has 476 valence electrons. The zero-order valence-corrected chi connectivity index (χ0v) is 54.7. The van der Waals surface area contributed by atoms with Crippen LogP contribution in [-0.2, 0) is 67.0 Å². The molecule has 3 aromatic rings. The number of benzene rings is 3. The number of rotatable bonds is 20. The van der Waals surface area contributed by atoms with Crippen molar-refractivity contribution in [2.45, 2.75) is 212 Å². The normalized spacial score (nSPS) is 19.4. The number of methoxy groups -OCH3 is 1. The van der Waals surface area contributed by atoms with Crippen molar-refractivity contribution < 1.29 is 57.4 Å². The van der Waals surface area contributed by atoms with Gasteiger partial charge in [-0.25, -0.2) is 9.59 Å². The van der Waals surface area contributed by atoms with E-state index >= 15 is 4.79 Å². The Morgan fingerprint density at radius 2 is 1.10 bits per heavy atom. The molecule has 6 rings (SSSR count). The number of thioether (sulfide) groups is 1. The predicted octanol–water partition coefficient (Wildman–Crippen LogP) is 8.00. The van der Waals surface area contributed by atoms with Crippen LogP contribution < -0.4 is 26.6 Å². The SMILES string of the molecule is COC(=O)CSC(C)(C)C(NC(=O)C(C)N(C)C(=O)OC(C)(C)C)C(=O)NC(Cc1ccc(C2CC(C(=O)NC3CCCc4ccccc43)N(C(=O)C(NC(=O)C(C)N(C)C(=O)OC(C)(C)C)C(C)(C)C)C2)cc1)C(=O)NC1CCCc2ccccc21. The van der Waals surface area contributed by atoms with Crippen LogP contribution in [0.4, 0.5) is 9.59 Å². The zero-order valence-electron chi connectivity index (χ0n) is 53.8. The van der Waals surface area contributed by atoms with E-state index in [0.29, 0.717) is 12.0 Å². The Labute approximate surface area is 518 Å². The van der Waals surface area contributed by atoms with Gasteiger partial charge in [-0.2, -0.15) is 0 Å². The second kappa shape index (κ2) is 28.8. The quantitative estimate of drug-likeness (QED) is 0.0532. The maximum Gasteiger partial charge on any atom is 0.410 e. The molecule has 3 aromatic carbocycles. The van der Waals surface area contributed by atoms with Crippen molar-refractivity contribution in [2.24, 2.45) is 5.41 Å². The molecule has 0 radical (unpaired) electrons. The molecule has 9 atom stereocenters. The number of ether oxygens (including phenoxy) is 3. The summed E-state index contributed by atoms with van der Waals surface area (Å²) < 4.78 is 14.8. The van der Waals surface area contributed by atoms with Crippen LogP contribution >= 0.6 is 11.8 Å². The van der Waals surface area contributed by atoms with Gasteiger partial charge < -0.3 is 45.7 Å². The minimum Gasteiger partial charge on any atom is -0.468 e. The number of likely N-dealkylation sites (N-methyl/N-ethyl adjacent to an activating group) is 2. The summed E-state index contributed by atoms with van der Waals surface area (Å²) in [5, 5.41) is 15.3. The van der Waals surface area contributed by atoms with Gasteiger partial charge in [-0.3, -0.25) is 43.4 Å². The molecular formula is C66H94N8O12S. The molecule has 1 saturated heterocycles. The van der Waals surface area contributed by atoms with Gasteiger partial charge in [-0.1, -0.05) is 93.6 Å². The monoisotopic (exact) mass is 1220 g/mol. The van der Waals surface area contributed by atoms with Crippen LogP contribution in [0.1, 0.15) is 173 Å². The van der Waals surface area contributed by atoms with Gasteiger partial charge in [-0.05, 0) is 153 Å². The summed E-state index contributed by atoms with van der Waals surface area (Å²) in [7, 11) is 4.12. The topological polar surface area (TPSA) is 251 Å². The van der Waals surface area contributed by atoms with Crippen molar-refractivity contribution in [2.75, 3.05) is 33.5 Å². The molecule has 2 aliphatic carbocycles. The lowest BCUT2D eigenvalue weighted by Crippen LogP contribution is -2.62. The summed E-state index contributed by atoms with van der Waals surface area (Å²) in [6.45, 7) is 22.3. The summed E-state index contributed by atoms with van der Waals surface area (Å²) in [6, 6.07) is 16.1. The first-order chi connectivity index (χ1) is 40.6. The molecule has 9 unspecified atom stereocenters. The number of hydrogen-bond acceptors (Lipinski definition) is 13. The summed E-state index contributed by atoms with van der Waals surface area (Å²) >= 11 is 1.08. The fraction of sp³-hybridized carbons (Fsp3) is 0.591. The second-order valence-corrected chi connectivity index (χ2v) is 28.6. The third kappa shape index (κ3) is 18.5. The van der Waals surface area contributed by atoms with E-state index in [9.17, 15) is 38.4 Å². The molecule has 5 N–H and O–H groups in total. The molecular weight excluding hydrogens is 1130 g/mol. The fourth-order valence-electron chi connectivity index (χ4n) is 11.2. The summed E-state index contributed by atoms with van der Waals surface area (Å²) in [5.41, 5.74) is 3.25. The highest BCUT2D eigenvalue weighted by molar-refractivity contribution is 8.01. The lowest BCUT2D eigenvalue weighted by atomic mass is 9.85. The van der Waals surface area contributed by atoms with Gasteiger partial charge in [0.05, 0.1) is 24.9 Å². The van der Waals surface area contributed by atoms with Crippen molar-refractivity contribution in [3.05, 3.63) is 106 Å². The van der Waals surface area contributed by atoms with E-state index in [2.05, 4.69) is 32.7 Å². The molecule has 87 heavy (non-hydrogen) atoms. The minimum absolute atomic E-state index is 0.00191. The van der Waals surface area contributed by atoms with Crippen molar-refractivity contribution >= 4 is 65.4 Å². The number of fused-ring (bicyclic) bond motifs is 2. The second-order valence-electron chi connectivity index (χ2n) is 27.0. The van der Waals surface area contributed by atoms with Crippen LogP contribution in [-0.4, -0.2) is 154 Å². The van der Waals surface area contributed by atoms with E-state index in [4.69, 9.17) is 14.2 Å². The fourth-order valence-corrected chi connectivity index (χ4v) is 12.1. The molecule has 1 aliphatic heterocycles. The molecule has 0 aromatic heterocycles. The smallest absolute Gasteiger partial charge is 0.410 e. The number of amides is 8. The van der Waals surface area contributed by atoms with Gasteiger partial charge >= 0.3 is 18.2 Å². The molecule has 20 nitrogen and oxygen atoms in total. The highest BCUT2D eigenvalue weighted by Gasteiger charge is 2.47. The number of aryl methyl sites for hydroxylation is 2. The number of carbonyl (C=O) groups excluding carboxylic acids is 9. The van der Waals surface area contributed by atoms with E-state index in [1.807, 2.05) is 87.5 Å². The minimum atomic E-state index is -1.36. The van der Waals surface area contributed by atoms with Gasteiger partial charge in [0.1, 0.15) is 47.5 Å². The highest BCUT2D eigenvalue weighted by Crippen LogP contribution is 2.37. The summed E-state index contributed by atoms with van der Waals surface area (Å²) in [6.07, 6.45) is 3.62. The molecule has 21 heteroatoms. The van der Waals surface area contributed by atoms with Crippen LogP contribution in [0.25, 0.3) is 0 Å². The van der Waals surface area contributed by atoms with Gasteiger partial charge in [0.25, 0.3) is 0 Å². The van der Waals surface area contributed by atoms with Gasteiger partial charge in [0.2, 0.25) is 35.4 Å². The Balaban J connectivity index is 1.31. The molecule has 0 bridgehead atoms. The van der Waals surface area contributed by atoms with Gasteiger partial charge in [0.15, 0.2) is 0 Å². The van der Waals surface area contributed by atoms with Crippen LogP contribution in [0.2, 0.25) is 0 Å². The largest absolute Gasteiger partial charge is 0.468 e. The van der Waals surface area contributed by atoms with Crippen molar-refractivity contribution in [3.8, 4) is 0 Å². The predicted molar refractivity (Wildman–Crippen MR) is 334 cm³/mol. The lowest BCUT2D eigenvalue weighted by Gasteiger charge is -2.37.